The summed E-state index contributed by atoms with van der Waals surface area (Å²) in [6.45, 7) is 3.87. The molecule has 1 aliphatic rings. The minimum atomic E-state index is 0.728. The van der Waals surface area contributed by atoms with Crippen molar-refractivity contribution in [2.75, 3.05) is 6.61 Å². The van der Waals surface area contributed by atoms with Gasteiger partial charge in [0.2, 0.25) is 0 Å². The molecule has 0 aromatic carbocycles. The molecule has 1 N–H and O–H groups in total. The number of hydrogen-bond acceptors (Lipinski definition) is 3. The van der Waals surface area contributed by atoms with Crippen LogP contribution in [-0.2, 0) is 6.54 Å². The monoisotopic (exact) mass is 234 g/mol. The molecule has 1 aromatic heterocycles. The Kier molecular flexibility index (Phi) is 4.80. The van der Waals surface area contributed by atoms with Crippen LogP contribution in [0.5, 0.6) is 5.75 Å². The van der Waals surface area contributed by atoms with E-state index in [1.807, 2.05) is 18.3 Å². The quantitative estimate of drug-likeness (QED) is 0.702. The zero-order valence-corrected chi connectivity index (χ0v) is 10.6. The van der Waals surface area contributed by atoms with Crippen molar-refractivity contribution in [2.24, 2.45) is 0 Å². The van der Waals surface area contributed by atoms with Gasteiger partial charge in [-0.15, -0.1) is 0 Å². The van der Waals surface area contributed by atoms with Gasteiger partial charge in [0.15, 0.2) is 0 Å². The first-order valence-electron chi connectivity index (χ1n) is 6.69. The number of nitrogens with one attached hydrogen (secondary N) is 1. The molecule has 1 heterocycles. The fourth-order valence-electron chi connectivity index (χ4n) is 1.72. The van der Waals surface area contributed by atoms with Gasteiger partial charge in [-0.05, 0) is 25.3 Å². The molecule has 17 heavy (non-hydrogen) atoms. The van der Waals surface area contributed by atoms with Crippen molar-refractivity contribution in [3.8, 4) is 5.75 Å². The average Bonchev–Trinajstić information content (AvgIpc) is 3.17. The van der Waals surface area contributed by atoms with Crippen molar-refractivity contribution in [2.45, 2.75) is 51.6 Å². The zero-order chi connectivity index (χ0) is 11.9. The zero-order valence-electron chi connectivity index (χ0n) is 10.6. The molecule has 2 rings (SSSR count). The lowest BCUT2D eigenvalue weighted by Crippen LogP contribution is -2.16. The first-order chi connectivity index (χ1) is 8.38. The first kappa shape index (κ1) is 12.4. The molecule has 3 heteroatoms. The van der Waals surface area contributed by atoms with Gasteiger partial charge in [0.05, 0.1) is 12.3 Å². The highest BCUT2D eigenvalue weighted by molar-refractivity contribution is 5.22. The standard InChI is InChI=1S/C14H22N2O/c1-2-3-4-9-17-14-7-8-15-13(10-14)11-16-12-5-6-12/h7-8,10,12,16H,2-6,9,11H2,1H3. The molecule has 1 fully saturated rings. The summed E-state index contributed by atoms with van der Waals surface area (Å²) in [6, 6.07) is 4.71. The maximum Gasteiger partial charge on any atom is 0.122 e. The number of nitrogens with zero attached hydrogens (tertiary/aromatic N) is 1. The molecule has 0 bridgehead atoms. The van der Waals surface area contributed by atoms with Crippen LogP contribution < -0.4 is 10.1 Å². The summed E-state index contributed by atoms with van der Waals surface area (Å²) in [6.07, 6.45) is 8.06. The van der Waals surface area contributed by atoms with Crippen molar-refractivity contribution >= 4 is 0 Å². The summed E-state index contributed by atoms with van der Waals surface area (Å²) in [5, 5.41) is 3.46. The highest BCUT2D eigenvalue weighted by atomic mass is 16.5. The van der Waals surface area contributed by atoms with Crippen molar-refractivity contribution in [3.63, 3.8) is 0 Å². The number of pyridine rings is 1. The molecule has 0 saturated heterocycles. The molecule has 1 aliphatic carbocycles. The SMILES string of the molecule is CCCCCOc1ccnc(CNC2CC2)c1. The van der Waals surface area contributed by atoms with Crippen LogP contribution in [0.25, 0.3) is 0 Å². The lowest BCUT2D eigenvalue weighted by atomic mass is 10.3. The minimum Gasteiger partial charge on any atom is -0.493 e. The molecule has 0 unspecified atom stereocenters. The van der Waals surface area contributed by atoms with Gasteiger partial charge in [-0.2, -0.15) is 0 Å². The maximum absolute atomic E-state index is 5.70. The third-order valence-electron chi connectivity index (χ3n) is 2.95. The van der Waals surface area contributed by atoms with E-state index in [9.17, 15) is 0 Å². The molecule has 0 aliphatic heterocycles. The number of ether oxygens (including phenoxy) is 1. The van der Waals surface area contributed by atoms with E-state index >= 15 is 0 Å². The summed E-state index contributed by atoms with van der Waals surface area (Å²) in [4.78, 5) is 4.34. The second-order valence-corrected chi connectivity index (χ2v) is 4.69. The largest absolute Gasteiger partial charge is 0.493 e. The molecule has 3 nitrogen and oxygen atoms in total. The topological polar surface area (TPSA) is 34.1 Å². The molecule has 94 valence electrons. The molecule has 0 atom stereocenters. The van der Waals surface area contributed by atoms with Crippen molar-refractivity contribution in [3.05, 3.63) is 24.0 Å². The smallest absolute Gasteiger partial charge is 0.122 e. The maximum atomic E-state index is 5.70. The van der Waals surface area contributed by atoms with Crippen molar-refractivity contribution in [1.82, 2.24) is 10.3 Å². The van der Waals surface area contributed by atoms with Gasteiger partial charge in [-0.1, -0.05) is 19.8 Å². The lowest BCUT2D eigenvalue weighted by molar-refractivity contribution is 0.305. The molecule has 0 radical (unpaired) electrons. The summed E-state index contributed by atoms with van der Waals surface area (Å²) in [5.74, 6) is 0.948. The summed E-state index contributed by atoms with van der Waals surface area (Å²) in [7, 11) is 0. The number of unbranched alkanes of at least 4 members (excludes halogenated alkanes) is 2. The fraction of sp³-hybridized carbons (Fsp3) is 0.643. The fourth-order valence-corrected chi connectivity index (χ4v) is 1.72. The van der Waals surface area contributed by atoms with Crippen LogP contribution in [-0.4, -0.2) is 17.6 Å². The lowest BCUT2D eigenvalue weighted by Gasteiger charge is -2.07. The van der Waals surface area contributed by atoms with Crippen LogP contribution in [0.4, 0.5) is 0 Å². The van der Waals surface area contributed by atoms with Gasteiger partial charge in [0.25, 0.3) is 0 Å². The van der Waals surface area contributed by atoms with Crippen LogP contribution in [0.1, 0.15) is 44.7 Å². The van der Waals surface area contributed by atoms with Gasteiger partial charge >= 0.3 is 0 Å². The van der Waals surface area contributed by atoms with E-state index in [1.54, 1.807) is 0 Å². The highest BCUT2D eigenvalue weighted by Gasteiger charge is 2.20. The van der Waals surface area contributed by atoms with Gasteiger partial charge in [-0.25, -0.2) is 0 Å². The Labute approximate surface area is 104 Å². The summed E-state index contributed by atoms with van der Waals surface area (Å²) >= 11 is 0. The molecule has 1 saturated carbocycles. The van der Waals surface area contributed by atoms with Crippen LogP contribution in [0.15, 0.2) is 18.3 Å². The van der Waals surface area contributed by atoms with E-state index in [2.05, 4.69) is 17.2 Å². The van der Waals surface area contributed by atoms with Crippen LogP contribution >= 0.6 is 0 Å². The Morgan fingerprint density at radius 1 is 1.41 bits per heavy atom. The van der Waals surface area contributed by atoms with Crippen LogP contribution in [0, 0.1) is 0 Å². The van der Waals surface area contributed by atoms with Gasteiger partial charge < -0.3 is 10.1 Å². The van der Waals surface area contributed by atoms with Crippen molar-refractivity contribution < 1.29 is 4.74 Å². The Morgan fingerprint density at radius 3 is 3.06 bits per heavy atom. The predicted molar refractivity (Wildman–Crippen MR) is 69.1 cm³/mol. The second kappa shape index (κ2) is 6.60. The number of aromatic nitrogens is 1. The molecule has 0 amide bonds. The summed E-state index contributed by atoms with van der Waals surface area (Å²) < 4.78 is 5.70. The van der Waals surface area contributed by atoms with E-state index < -0.39 is 0 Å². The minimum absolute atomic E-state index is 0.728. The van der Waals surface area contributed by atoms with E-state index in [-0.39, 0.29) is 0 Å². The first-order valence-corrected chi connectivity index (χ1v) is 6.69. The average molecular weight is 234 g/mol. The molecule has 1 aromatic rings. The Morgan fingerprint density at radius 2 is 2.29 bits per heavy atom. The van der Waals surface area contributed by atoms with E-state index in [0.29, 0.717) is 0 Å². The van der Waals surface area contributed by atoms with Crippen LogP contribution in [0.3, 0.4) is 0 Å². The van der Waals surface area contributed by atoms with Gasteiger partial charge in [0.1, 0.15) is 5.75 Å². The Balaban J connectivity index is 1.74. The predicted octanol–water partition coefficient (Wildman–Crippen LogP) is 2.90. The van der Waals surface area contributed by atoms with E-state index in [4.69, 9.17) is 4.74 Å². The van der Waals surface area contributed by atoms with Gasteiger partial charge in [-0.3, -0.25) is 4.98 Å². The van der Waals surface area contributed by atoms with Crippen molar-refractivity contribution in [1.29, 1.82) is 0 Å². The van der Waals surface area contributed by atoms with Gasteiger partial charge in [0, 0.05) is 24.8 Å². The Bertz CT molecular complexity index is 337. The van der Waals surface area contributed by atoms with E-state index in [0.717, 1.165) is 37.1 Å². The highest BCUT2D eigenvalue weighted by Crippen LogP contribution is 2.19. The van der Waals surface area contributed by atoms with Crippen LogP contribution in [0.2, 0.25) is 0 Å². The number of hydrogen-bond donors (Lipinski definition) is 1. The third kappa shape index (κ3) is 4.73. The Hall–Kier alpha value is -1.09. The molecular formula is C14H22N2O. The third-order valence-corrected chi connectivity index (χ3v) is 2.95. The summed E-state index contributed by atoms with van der Waals surface area (Å²) in [5.41, 5.74) is 1.07. The van der Waals surface area contributed by atoms with E-state index in [1.165, 1.54) is 25.7 Å². The number of rotatable bonds is 8. The molecule has 0 spiro atoms. The normalized spacial score (nSPS) is 14.9. The molecular weight excluding hydrogens is 212 g/mol. The second-order valence-electron chi connectivity index (χ2n) is 4.69.